The van der Waals surface area contributed by atoms with Crippen molar-refractivity contribution < 1.29 is 19.0 Å². The maximum Gasteiger partial charge on any atom is 0.307 e. The Morgan fingerprint density at radius 1 is 1.64 bits per heavy atom. The first-order valence-corrected chi connectivity index (χ1v) is 4.27. The van der Waals surface area contributed by atoms with E-state index in [4.69, 9.17) is 9.84 Å². The number of methoxy groups -OCH3 is 1. The number of benzene rings is 1. The zero-order valence-electron chi connectivity index (χ0n) is 7.45. The molecule has 0 atom stereocenters. The molecule has 1 N–H and O–H groups in total. The molecular formula is C9H9FO3S. The average molecular weight is 216 g/mol. The van der Waals surface area contributed by atoms with Crippen molar-refractivity contribution in [3.63, 3.8) is 0 Å². The van der Waals surface area contributed by atoms with Crippen LogP contribution >= 0.6 is 12.6 Å². The van der Waals surface area contributed by atoms with Gasteiger partial charge in [-0.05, 0) is 12.1 Å². The van der Waals surface area contributed by atoms with Crippen LogP contribution in [-0.2, 0) is 11.2 Å². The smallest absolute Gasteiger partial charge is 0.307 e. The first-order chi connectivity index (χ1) is 6.56. The molecule has 0 spiro atoms. The fraction of sp³-hybridized carbons (Fsp3) is 0.222. The molecule has 0 unspecified atom stereocenters. The van der Waals surface area contributed by atoms with Crippen molar-refractivity contribution in [2.45, 2.75) is 11.3 Å². The van der Waals surface area contributed by atoms with Crippen molar-refractivity contribution in [1.29, 1.82) is 0 Å². The Labute approximate surface area is 85.9 Å². The third kappa shape index (κ3) is 2.17. The van der Waals surface area contributed by atoms with Crippen molar-refractivity contribution in [3.05, 3.63) is 23.5 Å². The van der Waals surface area contributed by atoms with Crippen LogP contribution in [0.3, 0.4) is 0 Å². The Morgan fingerprint density at radius 3 is 2.79 bits per heavy atom. The van der Waals surface area contributed by atoms with Crippen molar-refractivity contribution in [1.82, 2.24) is 0 Å². The molecule has 76 valence electrons. The van der Waals surface area contributed by atoms with E-state index in [0.29, 0.717) is 4.90 Å². The van der Waals surface area contributed by atoms with Gasteiger partial charge in [0.2, 0.25) is 0 Å². The number of rotatable bonds is 3. The van der Waals surface area contributed by atoms with E-state index < -0.39 is 18.2 Å². The van der Waals surface area contributed by atoms with Gasteiger partial charge in [0, 0.05) is 10.5 Å². The fourth-order valence-electron chi connectivity index (χ4n) is 1.07. The molecule has 0 aromatic heterocycles. The number of ether oxygens (including phenoxy) is 1. The molecule has 0 heterocycles. The van der Waals surface area contributed by atoms with E-state index in [1.54, 1.807) is 0 Å². The first-order valence-electron chi connectivity index (χ1n) is 3.82. The van der Waals surface area contributed by atoms with E-state index in [0.717, 1.165) is 0 Å². The van der Waals surface area contributed by atoms with Crippen LogP contribution in [0, 0.1) is 5.82 Å². The van der Waals surface area contributed by atoms with Gasteiger partial charge in [-0.3, -0.25) is 4.79 Å². The van der Waals surface area contributed by atoms with Crippen LogP contribution in [0.4, 0.5) is 4.39 Å². The second-order valence-corrected chi connectivity index (χ2v) is 3.13. The summed E-state index contributed by atoms with van der Waals surface area (Å²) in [6.45, 7) is 0. The van der Waals surface area contributed by atoms with Crippen LogP contribution in [0.1, 0.15) is 5.56 Å². The summed E-state index contributed by atoms with van der Waals surface area (Å²) in [5.41, 5.74) is 0.0418. The minimum Gasteiger partial charge on any atom is -0.494 e. The predicted octanol–water partition coefficient (Wildman–Crippen LogP) is 1.75. The van der Waals surface area contributed by atoms with Gasteiger partial charge in [0.1, 0.15) is 0 Å². The number of thiol groups is 1. The van der Waals surface area contributed by atoms with Crippen LogP contribution in [0.15, 0.2) is 17.0 Å². The monoisotopic (exact) mass is 216 g/mol. The number of halogens is 1. The highest BCUT2D eigenvalue weighted by Crippen LogP contribution is 2.26. The maximum absolute atomic E-state index is 13.5. The molecule has 0 amide bonds. The Bertz CT molecular complexity index is 365. The van der Waals surface area contributed by atoms with E-state index in [2.05, 4.69) is 12.6 Å². The number of hydrogen-bond donors (Lipinski definition) is 2. The molecule has 1 aromatic rings. The first kappa shape index (κ1) is 10.8. The van der Waals surface area contributed by atoms with Crippen LogP contribution in [-0.4, -0.2) is 18.2 Å². The van der Waals surface area contributed by atoms with E-state index in [1.165, 1.54) is 19.2 Å². The summed E-state index contributed by atoms with van der Waals surface area (Å²) in [5, 5.41) is 8.54. The van der Waals surface area contributed by atoms with Crippen LogP contribution in [0.2, 0.25) is 0 Å². The molecule has 1 aromatic carbocycles. The molecular weight excluding hydrogens is 207 g/mol. The largest absolute Gasteiger partial charge is 0.494 e. The minimum absolute atomic E-state index is 0.0269. The Morgan fingerprint density at radius 2 is 2.29 bits per heavy atom. The fourth-order valence-corrected chi connectivity index (χ4v) is 1.32. The quantitative estimate of drug-likeness (QED) is 0.757. The average Bonchev–Trinajstić information content (AvgIpc) is 2.12. The summed E-state index contributed by atoms with van der Waals surface area (Å²) in [7, 11) is 1.32. The van der Waals surface area contributed by atoms with Gasteiger partial charge < -0.3 is 9.84 Å². The lowest BCUT2D eigenvalue weighted by Gasteiger charge is -2.07. The second-order valence-electron chi connectivity index (χ2n) is 2.65. The van der Waals surface area contributed by atoms with Crippen molar-refractivity contribution in [2.24, 2.45) is 0 Å². The van der Waals surface area contributed by atoms with Crippen molar-refractivity contribution in [3.8, 4) is 5.75 Å². The van der Waals surface area contributed by atoms with Gasteiger partial charge in [0.15, 0.2) is 11.6 Å². The van der Waals surface area contributed by atoms with Crippen LogP contribution in [0.5, 0.6) is 5.75 Å². The van der Waals surface area contributed by atoms with Crippen molar-refractivity contribution in [2.75, 3.05) is 7.11 Å². The molecule has 1 rings (SSSR count). The van der Waals surface area contributed by atoms with Gasteiger partial charge in [0.25, 0.3) is 0 Å². The topological polar surface area (TPSA) is 46.5 Å². The third-order valence-electron chi connectivity index (χ3n) is 1.73. The summed E-state index contributed by atoms with van der Waals surface area (Å²) in [6, 6.07) is 2.91. The van der Waals surface area contributed by atoms with Gasteiger partial charge in [-0.1, -0.05) is 0 Å². The number of carboxylic acids is 1. The van der Waals surface area contributed by atoms with Crippen molar-refractivity contribution >= 4 is 18.6 Å². The molecule has 0 bridgehead atoms. The molecule has 0 saturated carbocycles. The van der Waals surface area contributed by atoms with Gasteiger partial charge in [-0.15, -0.1) is 12.6 Å². The zero-order chi connectivity index (χ0) is 10.7. The van der Waals surface area contributed by atoms with E-state index in [1.807, 2.05) is 0 Å². The molecule has 0 aliphatic rings. The Balaban J connectivity index is 3.18. The molecule has 0 aliphatic carbocycles. The highest BCUT2D eigenvalue weighted by Gasteiger charge is 2.14. The SMILES string of the molecule is COc1ccc(S)c(CC(=O)O)c1F. The van der Waals surface area contributed by atoms with Gasteiger partial charge in [-0.2, -0.15) is 0 Å². The molecule has 0 radical (unpaired) electrons. The van der Waals surface area contributed by atoms with E-state index >= 15 is 0 Å². The molecule has 3 nitrogen and oxygen atoms in total. The predicted molar refractivity (Wildman–Crippen MR) is 51.5 cm³/mol. The number of carboxylic acid groups (broad SMARTS) is 1. The summed E-state index contributed by atoms with van der Waals surface area (Å²) in [6.07, 6.45) is -0.401. The molecule has 14 heavy (non-hydrogen) atoms. The van der Waals surface area contributed by atoms with Crippen LogP contribution < -0.4 is 4.74 Å². The zero-order valence-corrected chi connectivity index (χ0v) is 8.35. The molecule has 0 saturated heterocycles. The van der Waals surface area contributed by atoms with E-state index in [-0.39, 0.29) is 11.3 Å². The lowest BCUT2D eigenvalue weighted by Crippen LogP contribution is -2.04. The molecule has 0 fully saturated rings. The standard InChI is InChI=1S/C9H9FO3S/c1-13-6-2-3-7(14)5(9(6)10)4-8(11)12/h2-3,14H,4H2,1H3,(H,11,12). The summed E-state index contributed by atoms with van der Waals surface area (Å²) in [4.78, 5) is 10.7. The summed E-state index contributed by atoms with van der Waals surface area (Å²) in [5.74, 6) is -1.74. The molecule has 0 aliphatic heterocycles. The number of carbonyl (C=O) groups is 1. The highest BCUT2D eigenvalue weighted by molar-refractivity contribution is 7.80. The second kappa shape index (κ2) is 4.32. The van der Waals surface area contributed by atoms with Gasteiger partial charge in [-0.25, -0.2) is 4.39 Å². The summed E-state index contributed by atoms with van der Waals surface area (Å²) >= 11 is 3.97. The molecule has 5 heteroatoms. The normalized spacial score (nSPS) is 9.93. The van der Waals surface area contributed by atoms with Gasteiger partial charge in [0.05, 0.1) is 13.5 Å². The third-order valence-corrected chi connectivity index (χ3v) is 2.15. The minimum atomic E-state index is -1.10. The number of hydrogen-bond acceptors (Lipinski definition) is 3. The Kier molecular flexibility index (Phi) is 3.35. The lowest BCUT2D eigenvalue weighted by atomic mass is 10.1. The lowest BCUT2D eigenvalue weighted by molar-refractivity contribution is -0.136. The van der Waals surface area contributed by atoms with Gasteiger partial charge >= 0.3 is 5.97 Å². The van der Waals surface area contributed by atoms with E-state index in [9.17, 15) is 9.18 Å². The Hall–Kier alpha value is -1.23. The maximum atomic E-state index is 13.5. The van der Waals surface area contributed by atoms with Crippen LogP contribution in [0.25, 0.3) is 0 Å². The highest BCUT2D eigenvalue weighted by atomic mass is 32.1. The summed E-state index contributed by atoms with van der Waals surface area (Å²) < 4.78 is 18.2. The number of aliphatic carboxylic acids is 1.